The molecule has 0 atom stereocenters. The number of aryl methyl sites for hydroxylation is 1. The van der Waals surface area contributed by atoms with Crippen LogP contribution < -0.4 is 0 Å². The third-order valence-electron chi connectivity index (χ3n) is 6.56. The van der Waals surface area contributed by atoms with E-state index in [-0.39, 0.29) is 5.91 Å². The van der Waals surface area contributed by atoms with Gasteiger partial charge >= 0.3 is 12.1 Å². The third kappa shape index (κ3) is 5.15. The summed E-state index contributed by atoms with van der Waals surface area (Å²) in [6.45, 7) is 1.53. The van der Waals surface area contributed by atoms with Crippen LogP contribution in [0.25, 0.3) is 27.9 Å². The molecule has 1 aliphatic rings. The van der Waals surface area contributed by atoms with Gasteiger partial charge in [-0.1, -0.05) is 18.2 Å². The van der Waals surface area contributed by atoms with Gasteiger partial charge in [0.05, 0.1) is 16.6 Å². The van der Waals surface area contributed by atoms with E-state index in [0.29, 0.717) is 17.7 Å². The number of piperidine rings is 1. The molecule has 4 heterocycles. The number of fused-ring (bicyclic) bond motifs is 3. The summed E-state index contributed by atoms with van der Waals surface area (Å²) in [4.78, 5) is 35.7. The molecule has 1 amide bonds. The number of carboxylic acid groups (broad SMARTS) is 1. The maximum Gasteiger partial charge on any atom is 0.490 e. The van der Waals surface area contributed by atoms with Crippen molar-refractivity contribution < 1.29 is 27.9 Å². The Labute approximate surface area is 210 Å². The molecule has 3 aromatic heterocycles. The first-order valence-corrected chi connectivity index (χ1v) is 11.6. The molecule has 0 unspecified atom stereocenters. The maximum absolute atomic E-state index is 13.6. The van der Waals surface area contributed by atoms with Gasteiger partial charge in [0.15, 0.2) is 0 Å². The van der Waals surface area contributed by atoms with Gasteiger partial charge in [-0.05, 0) is 45.1 Å². The summed E-state index contributed by atoms with van der Waals surface area (Å²) in [5.41, 5.74) is 3.73. The number of nitrogens with zero attached hydrogens (tertiary/aromatic N) is 6. The van der Waals surface area contributed by atoms with Crippen LogP contribution in [0.15, 0.2) is 48.8 Å². The highest BCUT2D eigenvalue weighted by Gasteiger charge is 2.38. The standard InChI is InChI=1S/C23H26N6O.C2HF3O2/c1-26(2)16-9-13-28(14-10-16)22(30)20-15-19-21(29(20)23-24-11-6-12-25-23)17-7-4-5-8-18(17)27(19)3;3-2(4,5)1(6)7/h4-8,11-12,15-16H,9-10,13-14H2,1-3H3;(H,6,7). The van der Waals surface area contributed by atoms with Crippen LogP contribution >= 0.6 is 0 Å². The first kappa shape index (κ1) is 26.1. The zero-order valence-corrected chi connectivity index (χ0v) is 20.6. The van der Waals surface area contributed by atoms with E-state index in [0.717, 1.165) is 47.9 Å². The zero-order valence-electron chi connectivity index (χ0n) is 20.6. The summed E-state index contributed by atoms with van der Waals surface area (Å²) >= 11 is 0. The second-order valence-corrected chi connectivity index (χ2v) is 9.01. The minimum atomic E-state index is -5.08. The number of hydrogen-bond acceptors (Lipinski definition) is 5. The van der Waals surface area contributed by atoms with Gasteiger partial charge in [-0.2, -0.15) is 13.2 Å². The van der Waals surface area contributed by atoms with Gasteiger partial charge < -0.3 is 19.5 Å². The normalized spacial score (nSPS) is 14.7. The number of benzene rings is 1. The number of aliphatic carboxylic acids is 1. The van der Waals surface area contributed by atoms with Gasteiger partial charge in [0.25, 0.3) is 5.91 Å². The van der Waals surface area contributed by atoms with E-state index in [4.69, 9.17) is 9.90 Å². The van der Waals surface area contributed by atoms with E-state index in [1.807, 2.05) is 34.7 Å². The first-order chi connectivity index (χ1) is 17.5. The van der Waals surface area contributed by atoms with Crippen molar-refractivity contribution in [3.63, 3.8) is 0 Å². The molecule has 196 valence electrons. The Morgan fingerprint density at radius 1 is 1.03 bits per heavy atom. The number of aromatic nitrogens is 4. The number of rotatable bonds is 3. The molecule has 1 saturated heterocycles. The number of halogens is 3. The lowest BCUT2D eigenvalue weighted by Crippen LogP contribution is -2.44. The van der Waals surface area contributed by atoms with Crippen molar-refractivity contribution >= 4 is 33.8 Å². The van der Waals surface area contributed by atoms with Crippen molar-refractivity contribution in [2.24, 2.45) is 7.05 Å². The monoisotopic (exact) mass is 516 g/mol. The van der Waals surface area contributed by atoms with E-state index >= 15 is 0 Å². The Balaban J connectivity index is 0.000000405. The van der Waals surface area contributed by atoms with E-state index in [2.05, 4.69) is 45.7 Å². The average molecular weight is 517 g/mol. The molecule has 1 N–H and O–H groups in total. The summed E-state index contributed by atoms with van der Waals surface area (Å²) in [6.07, 6.45) is 0.333. The first-order valence-electron chi connectivity index (χ1n) is 11.6. The number of carbonyl (C=O) groups excluding carboxylic acids is 1. The molecule has 1 aromatic carbocycles. The van der Waals surface area contributed by atoms with Gasteiger partial charge in [-0.25, -0.2) is 14.8 Å². The lowest BCUT2D eigenvalue weighted by atomic mass is 10.0. The van der Waals surface area contributed by atoms with E-state index in [1.165, 1.54) is 0 Å². The number of carboxylic acids is 1. The number of carbonyl (C=O) groups is 2. The fourth-order valence-corrected chi connectivity index (χ4v) is 4.63. The highest BCUT2D eigenvalue weighted by atomic mass is 19.4. The van der Waals surface area contributed by atoms with Crippen molar-refractivity contribution in [2.75, 3.05) is 27.2 Å². The molecule has 0 aliphatic carbocycles. The van der Waals surface area contributed by atoms with Crippen LogP contribution in [0.2, 0.25) is 0 Å². The highest BCUT2D eigenvalue weighted by molar-refractivity contribution is 6.10. The fourth-order valence-electron chi connectivity index (χ4n) is 4.63. The second kappa shape index (κ2) is 10.2. The Morgan fingerprint density at radius 2 is 1.62 bits per heavy atom. The predicted molar refractivity (Wildman–Crippen MR) is 132 cm³/mol. The topological polar surface area (TPSA) is 96.5 Å². The number of hydrogen-bond donors (Lipinski definition) is 1. The highest BCUT2D eigenvalue weighted by Crippen LogP contribution is 2.33. The number of likely N-dealkylation sites (tertiary alicyclic amines) is 1. The van der Waals surface area contributed by atoms with Gasteiger partial charge in [0, 0.05) is 44.0 Å². The number of amides is 1. The molecule has 1 fully saturated rings. The van der Waals surface area contributed by atoms with E-state index < -0.39 is 12.1 Å². The molecular weight excluding hydrogens is 489 g/mol. The van der Waals surface area contributed by atoms with Gasteiger partial charge in [-0.3, -0.25) is 9.36 Å². The lowest BCUT2D eigenvalue weighted by molar-refractivity contribution is -0.192. The van der Waals surface area contributed by atoms with Crippen molar-refractivity contribution in [1.82, 2.24) is 28.9 Å². The predicted octanol–water partition coefficient (Wildman–Crippen LogP) is 3.71. The molecule has 9 nitrogen and oxygen atoms in total. The summed E-state index contributed by atoms with van der Waals surface area (Å²) in [5, 5.41) is 8.22. The molecule has 4 aromatic rings. The average Bonchev–Trinajstić information content (AvgIpc) is 3.40. The smallest absolute Gasteiger partial charge is 0.475 e. The molecule has 5 rings (SSSR count). The van der Waals surface area contributed by atoms with Crippen molar-refractivity contribution in [1.29, 1.82) is 0 Å². The van der Waals surface area contributed by atoms with Gasteiger partial charge in [0.2, 0.25) is 5.95 Å². The molecule has 0 spiro atoms. The minimum Gasteiger partial charge on any atom is -0.475 e. The Morgan fingerprint density at radius 3 is 2.19 bits per heavy atom. The van der Waals surface area contributed by atoms with E-state index in [1.54, 1.807) is 18.5 Å². The SMILES string of the molecule is CN(C)C1CCN(C(=O)c2cc3c(c4ccccc4n3C)n2-c2ncccn2)CC1.O=C(O)C(F)(F)F. The molecule has 0 saturated carbocycles. The maximum atomic E-state index is 13.6. The number of para-hydroxylation sites is 1. The quantitative estimate of drug-likeness (QED) is 0.446. The van der Waals surface area contributed by atoms with Crippen LogP contribution in [0.3, 0.4) is 0 Å². The fraction of sp³-hybridized carbons (Fsp3) is 0.360. The minimum absolute atomic E-state index is 0.0416. The van der Waals surface area contributed by atoms with Crippen molar-refractivity contribution in [2.45, 2.75) is 25.1 Å². The molecule has 12 heteroatoms. The van der Waals surface area contributed by atoms with Crippen LogP contribution in [0, 0.1) is 0 Å². The van der Waals surface area contributed by atoms with Crippen molar-refractivity contribution in [3.05, 3.63) is 54.5 Å². The third-order valence-corrected chi connectivity index (χ3v) is 6.56. The summed E-state index contributed by atoms with van der Waals surface area (Å²) in [5.74, 6) is -2.19. The summed E-state index contributed by atoms with van der Waals surface area (Å²) < 4.78 is 35.8. The largest absolute Gasteiger partial charge is 0.490 e. The molecule has 37 heavy (non-hydrogen) atoms. The molecule has 0 radical (unpaired) electrons. The van der Waals surface area contributed by atoms with Crippen LogP contribution in [0.4, 0.5) is 13.2 Å². The summed E-state index contributed by atoms with van der Waals surface area (Å²) in [7, 11) is 6.26. The van der Waals surface area contributed by atoms with Crippen LogP contribution in [-0.4, -0.2) is 85.3 Å². The Hall–Kier alpha value is -3.93. The van der Waals surface area contributed by atoms with Gasteiger partial charge in [0.1, 0.15) is 5.69 Å². The Kier molecular flexibility index (Phi) is 7.21. The van der Waals surface area contributed by atoms with Crippen LogP contribution in [-0.2, 0) is 11.8 Å². The van der Waals surface area contributed by atoms with Gasteiger partial charge in [-0.15, -0.1) is 0 Å². The van der Waals surface area contributed by atoms with Crippen molar-refractivity contribution in [3.8, 4) is 5.95 Å². The molecule has 0 bridgehead atoms. The summed E-state index contributed by atoms with van der Waals surface area (Å²) in [6, 6.07) is 12.6. The molecular formula is C25H27F3N6O3. The Bertz CT molecular complexity index is 1420. The molecule has 1 aliphatic heterocycles. The van der Waals surface area contributed by atoms with Crippen LogP contribution in [0.5, 0.6) is 0 Å². The zero-order chi connectivity index (χ0) is 26.9. The number of alkyl halides is 3. The van der Waals surface area contributed by atoms with E-state index in [9.17, 15) is 18.0 Å². The lowest BCUT2D eigenvalue weighted by Gasteiger charge is -2.35. The van der Waals surface area contributed by atoms with Crippen LogP contribution in [0.1, 0.15) is 23.3 Å². The second-order valence-electron chi connectivity index (χ2n) is 9.01.